The Kier molecular flexibility index (Phi) is 3.19. The number of benzene rings is 1. The number of fused-ring (bicyclic) bond motifs is 1. The molecule has 2 aliphatic rings. The maximum absolute atomic E-state index is 9.02. The quantitative estimate of drug-likeness (QED) is 0.609. The summed E-state index contributed by atoms with van der Waals surface area (Å²) in [4.78, 5) is 2.36. The highest BCUT2D eigenvalue weighted by atomic mass is 16.5. The summed E-state index contributed by atoms with van der Waals surface area (Å²) in [5.41, 5.74) is 4.50. The third-order valence-corrected chi connectivity index (χ3v) is 3.76. The van der Waals surface area contributed by atoms with E-state index < -0.39 is 0 Å². The van der Waals surface area contributed by atoms with Crippen molar-refractivity contribution in [2.24, 2.45) is 5.16 Å². The van der Waals surface area contributed by atoms with Crippen LogP contribution in [-0.4, -0.2) is 37.2 Å². The zero-order chi connectivity index (χ0) is 12.4. The summed E-state index contributed by atoms with van der Waals surface area (Å²) in [6.45, 7) is 3.53. The van der Waals surface area contributed by atoms with Gasteiger partial charge >= 0.3 is 0 Å². The molecule has 0 atom stereocenters. The fraction of sp³-hybridized carbons (Fsp3) is 0.500. The Morgan fingerprint density at radius 3 is 2.78 bits per heavy atom. The molecule has 1 aliphatic carbocycles. The summed E-state index contributed by atoms with van der Waals surface area (Å²) >= 11 is 0. The number of oxime groups is 1. The Hall–Kier alpha value is -1.55. The number of aryl methyl sites for hydroxylation is 1. The van der Waals surface area contributed by atoms with Crippen LogP contribution in [0.3, 0.4) is 0 Å². The molecule has 96 valence electrons. The molecule has 1 saturated heterocycles. The van der Waals surface area contributed by atoms with Gasteiger partial charge in [-0.2, -0.15) is 0 Å². The maximum Gasteiger partial charge on any atom is 0.0870 e. The van der Waals surface area contributed by atoms with Crippen molar-refractivity contribution in [1.29, 1.82) is 0 Å². The highest BCUT2D eigenvalue weighted by molar-refractivity contribution is 6.02. The van der Waals surface area contributed by atoms with Gasteiger partial charge in [-0.15, -0.1) is 0 Å². The zero-order valence-corrected chi connectivity index (χ0v) is 10.4. The van der Waals surface area contributed by atoms with E-state index in [1.54, 1.807) is 0 Å². The predicted molar refractivity (Wildman–Crippen MR) is 70.7 cm³/mol. The van der Waals surface area contributed by atoms with Crippen LogP contribution < -0.4 is 4.90 Å². The smallest absolute Gasteiger partial charge is 0.0870 e. The van der Waals surface area contributed by atoms with E-state index in [0.29, 0.717) is 0 Å². The molecule has 4 heteroatoms. The molecule has 0 saturated carbocycles. The molecule has 18 heavy (non-hydrogen) atoms. The van der Waals surface area contributed by atoms with E-state index in [-0.39, 0.29) is 0 Å². The molecule has 0 aromatic heterocycles. The lowest BCUT2D eigenvalue weighted by molar-refractivity contribution is 0.122. The fourth-order valence-electron chi connectivity index (χ4n) is 2.77. The molecule has 3 rings (SSSR count). The van der Waals surface area contributed by atoms with Gasteiger partial charge in [0.25, 0.3) is 0 Å². The molecule has 0 unspecified atom stereocenters. The predicted octanol–water partition coefficient (Wildman–Crippen LogP) is 2.04. The van der Waals surface area contributed by atoms with Crippen LogP contribution in [0.4, 0.5) is 5.69 Å². The molecule has 1 heterocycles. The average molecular weight is 246 g/mol. The second kappa shape index (κ2) is 4.98. The van der Waals surface area contributed by atoms with Gasteiger partial charge in [0.2, 0.25) is 0 Å². The first kappa shape index (κ1) is 11.5. The van der Waals surface area contributed by atoms with Gasteiger partial charge in [-0.05, 0) is 37.0 Å². The monoisotopic (exact) mass is 246 g/mol. The summed E-state index contributed by atoms with van der Waals surface area (Å²) in [6.07, 6.45) is 3.02. The molecule has 1 aliphatic heterocycles. The number of rotatable bonds is 1. The Balaban J connectivity index is 1.90. The van der Waals surface area contributed by atoms with Crippen molar-refractivity contribution in [2.45, 2.75) is 19.3 Å². The van der Waals surface area contributed by atoms with Crippen molar-refractivity contribution < 1.29 is 9.94 Å². The number of nitrogens with zero attached hydrogens (tertiary/aromatic N) is 2. The second-order valence-corrected chi connectivity index (χ2v) is 4.84. The Morgan fingerprint density at radius 1 is 1.17 bits per heavy atom. The van der Waals surface area contributed by atoms with Crippen LogP contribution in [0.15, 0.2) is 23.4 Å². The summed E-state index contributed by atoms with van der Waals surface area (Å²) < 4.78 is 5.37. The summed E-state index contributed by atoms with van der Waals surface area (Å²) in [6, 6.07) is 6.46. The van der Waals surface area contributed by atoms with Gasteiger partial charge in [0.05, 0.1) is 18.9 Å². The molecule has 4 nitrogen and oxygen atoms in total. The number of hydrogen-bond acceptors (Lipinski definition) is 4. The highest BCUT2D eigenvalue weighted by Gasteiger charge is 2.18. The molecule has 1 aromatic carbocycles. The first-order chi connectivity index (χ1) is 8.88. The van der Waals surface area contributed by atoms with E-state index in [4.69, 9.17) is 9.94 Å². The minimum Gasteiger partial charge on any atom is -0.411 e. The van der Waals surface area contributed by atoms with E-state index in [2.05, 4.69) is 28.3 Å². The normalized spacial score (nSPS) is 22.0. The molecule has 1 fully saturated rings. The van der Waals surface area contributed by atoms with Crippen LogP contribution in [0.25, 0.3) is 0 Å². The van der Waals surface area contributed by atoms with Crippen molar-refractivity contribution in [3.8, 4) is 0 Å². The Morgan fingerprint density at radius 2 is 2.00 bits per heavy atom. The van der Waals surface area contributed by atoms with Gasteiger partial charge < -0.3 is 14.8 Å². The molecular formula is C14H18N2O2. The SMILES string of the molecule is ON=C1CCCc2cc(N3CCOCC3)ccc21. The van der Waals surface area contributed by atoms with Gasteiger partial charge in [0.15, 0.2) is 0 Å². The summed E-state index contributed by atoms with van der Waals surface area (Å²) in [7, 11) is 0. The molecular weight excluding hydrogens is 228 g/mol. The van der Waals surface area contributed by atoms with Crippen LogP contribution in [0.1, 0.15) is 24.0 Å². The van der Waals surface area contributed by atoms with Gasteiger partial charge in [-0.25, -0.2) is 0 Å². The van der Waals surface area contributed by atoms with E-state index in [0.717, 1.165) is 56.8 Å². The van der Waals surface area contributed by atoms with Crippen molar-refractivity contribution in [2.75, 3.05) is 31.2 Å². The number of hydrogen-bond donors (Lipinski definition) is 1. The van der Waals surface area contributed by atoms with Crippen LogP contribution >= 0.6 is 0 Å². The average Bonchev–Trinajstić information content (AvgIpc) is 2.47. The van der Waals surface area contributed by atoms with E-state index in [9.17, 15) is 0 Å². The number of ether oxygens (including phenoxy) is 1. The van der Waals surface area contributed by atoms with Crippen LogP contribution in [0, 0.1) is 0 Å². The van der Waals surface area contributed by atoms with Crippen molar-refractivity contribution in [1.82, 2.24) is 0 Å². The van der Waals surface area contributed by atoms with Crippen LogP contribution in [0.5, 0.6) is 0 Å². The lowest BCUT2D eigenvalue weighted by Gasteiger charge is -2.30. The first-order valence-electron chi connectivity index (χ1n) is 6.55. The minimum atomic E-state index is 0.806. The van der Waals surface area contributed by atoms with Crippen LogP contribution in [-0.2, 0) is 11.2 Å². The van der Waals surface area contributed by atoms with Gasteiger partial charge in [-0.3, -0.25) is 0 Å². The van der Waals surface area contributed by atoms with Crippen molar-refractivity contribution in [3.05, 3.63) is 29.3 Å². The lowest BCUT2D eigenvalue weighted by Crippen LogP contribution is -2.36. The molecule has 0 spiro atoms. The molecule has 0 radical (unpaired) electrons. The highest BCUT2D eigenvalue weighted by Crippen LogP contribution is 2.27. The number of morpholine rings is 1. The third-order valence-electron chi connectivity index (χ3n) is 3.76. The van der Waals surface area contributed by atoms with E-state index in [1.165, 1.54) is 11.3 Å². The van der Waals surface area contributed by atoms with E-state index >= 15 is 0 Å². The number of anilines is 1. The molecule has 0 bridgehead atoms. The summed E-state index contributed by atoms with van der Waals surface area (Å²) in [5.74, 6) is 0. The molecule has 1 N–H and O–H groups in total. The van der Waals surface area contributed by atoms with Gasteiger partial charge in [-0.1, -0.05) is 11.2 Å². The first-order valence-corrected chi connectivity index (χ1v) is 6.55. The Bertz CT molecular complexity index is 465. The standard InChI is InChI=1S/C14H18N2O2/c17-15-14-3-1-2-11-10-12(4-5-13(11)14)16-6-8-18-9-7-16/h4-5,10,17H,1-3,6-9H2. The van der Waals surface area contributed by atoms with Gasteiger partial charge in [0, 0.05) is 24.3 Å². The molecule has 1 aromatic rings. The fourth-order valence-corrected chi connectivity index (χ4v) is 2.77. The minimum absolute atomic E-state index is 0.806. The topological polar surface area (TPSA) is 45.1 Å². The van der Waals surface area contributed by atoms with Crippen molar-refractivity contribution >= 4 is 11.4 Å². The lowest BCUT2D eigenvalue weighted by atomic mass is 9.89. The van der Waals surface area contributed by atoms with Crippen LogP contribution in [0.2, 0.25) is 0 Å². The van der Waals surface area contributed by atoms with E-state index in [1.807, 2.05) is 0 Å². The van der Waals surface area contributed by atoms with Crippen molar-refractivity contribution in [3.63, 3.8) is 0 Å². The summed E-state index contributed by atoms with van der Waals surface area (Å²) in [5, 5.41) is 12.4. The Labute approximate surface area is 107 Å². The zero-order valence-electron chi connectivity index (χ0n) is 10.4. The largest absolute Gasteiger partial charge is 0.411 e. The maximum atomic E-state index is 9.02. The third kappa shape index (κ3) is 2.08. The second-order valence-electron chi connectivity index (χ2n) is 4.84. The van der Waals surface area contributed by atoms with Gasteiger partial charge in [0.1, 0.15) is 0 Å². The molecule has 0 amide bonds.